The van der Waals surface area contributed by atoms with Gasteiger partial charge in [-0.05, 0) is 40.3 Å². The Morgan fingerprint density at radius 2 is 1.14 bits per heavy atom. The molecule has 4 heteroatoms. The number of hydrogen-bond donors (Lipinski definition) is 0. The van der Waals surface area contributed by atoms with E-state index in [2.05, 4.69) is 73.3 Å². The van der Waals surface area contributed by atoms with Gasteiger partial charge >= 0.3 is 6.08 Å². The summed E-state index contributed by atoms with van der Waals surface area (Å²) in [6, 6.07) is 17.3. The van der Waals surface area contributed by atoms with Gasteiger partial charge in [0.05, 0.1) is 0 Å². The Balaban J connectivity index is 0.000000237. The summed E-state index contributed by atoms with van der Waals surface area (Å²) in [6.07, 6.45) is -1.37. The van der Waals surface area contributed by atoms with E-state index in [0.717, 1.165) is 6.42 Å². The topological polar surface area (TPSA) is 0 Å². The van der Waals surface area contributed by atoms with Crippen molar-refractivity contribution < 1.29 is 13.2 Å². The first-order valence-corrected chi connectivity index (χ1v) is 6.50. The number of benzene rings is 2. The Morgan fingerprint density at radius 3 is 1.48 bits per heavy atom. The van der Waals surface area contributed by atoms with Crippen LogP contribution in [0.4, 0.5) is 13.2 Å². The highest BCUT2D eigenvalue weighted by Gasteiger charge is 2.15. The molecule has 0 N–H and O–H groups in total. The SMILES string of the molecule is C=C.FC(F)=C(F)Cl.c1ccc2c(c1)Cc1ccccc1-2. The summed E-state index contributed by atoms with van der Waals surface area (Å²) in [5, 5.41) is -1.94. The van der Waals surface area contributed by atoms with Crippen molar-refractivity contribution in [2.24, 2.45) is 0 Å². The van der Waals surface area contributed by atoms with E-state index < -0.39 is 11.4 Å². The molecule has 0 bridgehead atoms. The highest BCUT2D eigenvalue weighted by molar-refractivity contribution is 6.28. The summed E-state index contributed by atoms with van der Waals surface area (Å²) in [5.74, 6) is 0. The lowest BCUT2D eigenvalue weighted by Gasteiger charge is -1.98. The first kappa shape index (κ1) is 17.1. The largest absolute Gasteiger partial charge is 0.317 e. The molecule has 21 heavy (non-hydrogen) atoms. The zero-order chi connectivity index (χ0) is 15.8. The van der Waals surface area contributed by atoms with Gasteiger partial charge in [0, 0.05) is 0 Å². The van der Waals surface area contributed by atoms with Crippen molar-refractivity contribution in [1.82, 2.24) is 0 Å². The lowest BCUT2D eigenvalue weighted by molar-refractivity contribution is 0.393. The molecule has 0 fully saturated rings. The van der Waals surface area contributed by atoms with Crippen LogP contribution in [-0.2, 0) is 6.42 Å². The van der Waals surface area contributed by atoms with Gasteiger partial charge in [-0.3, -0.25) is 0 Å². The second-order valence-electron chi connectivity index (χ2n) is 4.01. The second-order valence-corrected chi connectivity index (χ2v) is 4.34. The third kappa shape index (κ3) is 4.50. The van der Waals surface area contributed by atoms with Gasteiger partial charge in [0.15, 0.2) is 0 Å². The molecule has 0 amide bonds. The monoisotopic (exact) mass is 310 g/mol. The first-order chi connectivity index (χ1) is 10.1. The average Bonchev–Trinajstić information content (AvgIpc) is 2.88. The Kier molecular flexibility index (Phi) is 6.76. The van der Waals surface area contributed by atoms with E-state index in [1.165, 1.54) is 22.3 Å². The molecule has 0 unspecified atom stereocenters. The molecular weight excluding hydrogens is 297 g/mol. The van der Waals surface area contributed by atoms with Crippen LogP contribution in [0.1, 0.15) is 11.1 Å². The smallest absolute Gasteiger partial charge is 0.188 e. The molecule has 0 saturated heterocycles. The Hall–Kier alpha value is -2.00. The first-order valence-electron chi connectivity index (χ1n) is 6.12. The van der Waals surface area contributed by atoms with Crippen molar-refractivity contribution >= 4 is 11.6 Å². The summed E-state index contributed by atoms with van der Waals surface area (Å²) in [4.78, 5) is 0. The molecule has 0 radical (unpaired) electrons. The fraction of sp³-hybridized carbons (Fsp3) is 0.0588. The zero-order valence-corrected chi connectivity index (χ0v) is 12.0. The minimum Gasteiger partial charge on any atom is -0.188 e. The van der Waals surface area contributed by atoms with Gasteiger partial charge < -0.3 is 0 Å². The molecule has 0 aliphatic heterocycles. The van der Waals surface area contributed by atoms with Crippen molar-refractivity contribution in [3.63, 3.8) is 0 Å². The van der Waals surface area contributed by atoms with Crippen molar-refractivity contribution in [2.45, 2.75) is 6.42 Å². The fourth-order valence-corrected chi connectivity index (χ4v) is 2.08. The lowest BCUT2D eigenvalue weighted by Crippen LogP contribution is -1.77. The molecule has 0 nitrogen and oxygen atoms in total. The van der Waals surface area contributed by atoms with Gasteiger partial charge in [-0.1, -0.05) is 48.5 Å². The van der Waals surface area contributed by atoms with E-state index in [1.54, 1.807) is 0 Å². The molecule has 2 aromatic carbocycles. The van der Waals surface area contributed by atoms with Crippen molar-refractivity contribution in [2.75, 3.05) is 0 Å². The molecule has 0 heterocycles. The van der Waals surface area contributed by atoms with Crippen molar-refractivity contribution in [1.29, 1.82) is 0 Å². The third-order valence-corrected chi connectivity index (χ3v) is 2.99. The van der Waals surface area contributed by atoms with Crippen molar-refractivity contribution in [3.8, 4) is 11.1 Å². The van der Waals surface area contributed by atoms with E-state index in [4.69, 9.17) is 0 Å². The number of halogens is 4. The predicted molar refractivity (Wildman–Crippen MR) is 82.1 cm³/mol. The lowest BCUT2D eigenvalue weighted by atomic mass is 10.1. The molecule has 1 aliphatic rings. The van der Waals surface area contributed by atoms with E-state index in [1.807, 2.05) is 0 Å². The molecule has 0 spiro atoms. The van der Waals surface area contributed by atoms with Gasteiger partial charge in [0.25, 0.3) is 5.29 Å². The molecule has 0 saturated carbocycles. The minimum absolute atomic E-state index is 1.10. The van der Waals surface area contributed by atoms with Gasteiger partial charge in [-0.25, -0.2) is 0 Å². The number of hydrogen-bond acceptors (Lipinski definition) is 0. The Morgan fingerprint density at radius 1 is 0.810 bits per heavy atom. The molecular formula is C17H14ClF3. The van der Waals surface area contributed by atoms with Gasteiger partial charge in [0.1, 0.15) is 0 Å². The maximum absolute atomic E-state index is 10.7. The van der Waals surface area contributed by atoms with Crippen LogP contribution in [0.3, 0.4) is 0 Å². The van der Waals surface area contributed by atoms with Crippen LogP contribution in [0, 0.1) is 0 Å². The molecule has 110 valence electrons. The van der Waals surface area contributed by atoms with E-state index in [0.29, 0.717) is 0 Å². The highest BCUT2D eigenvalue weighted by atomic mass is 35.5. The minimum atomic E-state index is -2.48. The predicted octanol–water partition coefficient (Wildman–Crippen LogP) is 6.32. The van der Waals surface area contributed by atoms with E-state index >= 15 is 0 Å². The third-order valence-electron chi connectivity index (χ3n) is 2.85. The van der Waals surface area contributed by atoms with Crippen LogP contribution in [0.25, 0.3) is 11.1 Å². The quantitative estimate of drug-likeness (QED) is 0.426. The van der Waals surface area contributed by atoms with Crippen molar-refractivity contribution in [3.05, 3.63) is 84.2 Å². The number of fused-ring (bicyclic) bond motifs is 3. The fourth-order valence-electron chi connectivity index (χ4n) is 2.08. The van der Waals surface area contributed by atoms with Crippen LogP contribution in [0.15, 0.2) is 73.1 Å². The molecule has 0 aromatic heterocycles. The van der Waals surface area contributed by atoms with Crippen LogP contribution in [0.2, 0.25) is 0 Å². The average molecular weight is 311 g/mol. The van der Waals surface area contributed by atoms with Crippen LogP contribution >= 0.6 is 11.6 Å². The van der Waals surface area contributed by atoms with E-state index in [9.17, 15) is 13.2 Å². The second kappa shape index (κ2) is 8.32. The molecule has 3 rings (SSSR count). The molecule has 1 aliphatic carbocycles. The maximum Gasteiger partial charge on any atom is 0.317 e. The van der Waals surface area contributed by atoms with Crippen LogP contribution in [0.5, 0.6) is 0 Å². The van der Waals surface area contributed by atoms with Gasteiger partial charge in [-0.2, -0.15) is 13.2 Å². The normalized spacial score (nSPS) is 10.1. The summed E-state index contributed by atoms with van der Waals surface area (Å²) in [6.45, 7) is 6.00. The van der Waals surface area contributed by atoms with Crippen LogP contribution in [-0.4, -0.2) is 0 Å². The summed E-state index contributed by atoms with van der Waals surface area (Å²) in [7, 11) is 0. The summed E-state index contributed by atoms with van der Waals surface area (Å²) in [5.41, 5.74) is 5.75. The summed E-state index contributed by atoms with van der Waals surface area (Å²) >= 11 is 4.08. The Bertz CT molecular complexity index is 574. The highest BCUT2D eigenvalue weighted by Crippen LogP contribution is 2.35. The van der Waals surface area contributed by atoms with Gasteiger partial charge in [-0.15, -0.1) is 13.2 Å². The standard InChI is InChI=1S/C13H10.C2ClF3.C2H4/c1-3-7-12-10(5-1)9-11-6-2-4-8-13(11)12;3-1(4)2(5)6;1-2/h1-8H,9H2;;1-2H2. The number of rotatable bonds is 0. The van der Waals surface area contributed by atoms with E-state index in [-0.39, 0.29) is 0 Å². The molecule has 2 aromatic rings. The van der Waals surface area contributed by atoms with Crippen LogP contribution < -0.4 is 0 Å². The maximum atomic E-state index is 10.7. The Labute approximate surface area is 127 Å². The summed E-state index contributed by atoms with van der Waals surface area (Å²) < 4.78 is 31.8. The molecule has 0 atom stereocenters. The van der Waals surface area contributed by atoms with Gasteiger partial charge in [0.2, 0.25) is 0 Å². The zero-order valence-electron chi connectivity index (χ0n) is 11.3.